The zero-order chi connectivity index (χ0) is 18.4. The highest BCUT2D eigenvalue weighted by atomic mass is 15.3. The van der Waals surface area contributed by atoms with Gasteiger partial charge >= 0.3 is 0 Å². The van der Waals surface area contributed by atoms with Crippen LogP contribution in [-0.4, -0.2) is 68.2 Å². The molecule has 26 heavy (non-hydrogen) atoms. The Bertz CT molecular complexity index is 694. The molecule has 0 radical (unpaired) electrons. The molecule has 1 aromatic carbocycles. The van der Waals surface area contributed by atoms with Gasteiger partial charge in [-0.25, -0.2) is 9.97 Å². The molecule has 0 amide bonds. The first-order valence-electron chi connectivity index (χ1n) is 9.39. The molecule has 2 heterocycles. The number of piperazine rings is 1. The van der Waals surface area contributed by atoms with Crippen molar-refractivity contribution in [2.24, 2.45) is 0 Å². The van der Waals surface area contributed by atoms with E-state index < -0.39 is 0 Å². The number of aromatic nitrogens is 2. The van der Waals surface area contributed by atoms with Crippen LogP contribution in [0.3, 0.4) is 0 Å². The van der Waals surface area contributed by atoms with Crippen molar-refractivity contribution in [3.8, 4) is 0 Å². The van der Waals surface area contributed by atoms with Gasteiger partial charge in [0.15, 0.2) is 0 Å². The molecule has 1 aliphatic rings. The van der Waals surface area contributed by atoms with Crippen molar-refractivity contribution in [2.75, 3.05) is 68.5 Å². The molecule has 2 aromatic rings. The Labute approximate surface area is 156 Å². The number of anilines is 3. The molecule has 1 fully saturated rings. The zero-order valence-corrected chi connectivity index (χ0v) is 16.1. The lowest BCUT2D eigenvalue weighted by molar-refractivity contribution is 0.405. The minimum absolute atomic E-state index is 0.912. The molecule has 0 spiro atoms. The first-order valence-corrected chi connectivity index (χ1v) is 9.39. The summed E-state index contributed by atoms with van der Waals surface area (Å²) in [5.41, 5.74) is 2.63. The normalized spacial score (nSPS) is 14.8. The zero-order valence-electron chi connectivity index (χ0n) is 16.1. The predicted octanol–water partition coefficient (Wildman–Crippen LogP) is 2.48. The topological polar surface area (TPSA) is 47.5 Å². The fraction of sp³-hybridized carbons (Fsp3) is 0.500. The first-order chi connectivity index (χ1) is 12.6. The third kappa shape index (κ3) is 5.08. The van der Waals surface area contributed by atoms with Crippen LogP contribution in [0.5, 0.6) is 0 Å². The van der Waals surface area contributed by atoms with E-state index in [1.54, 1.807) is 6.33 Å². The van der Waals surface area contributed by atoms with E-state index >= 15 is 0 Å². The Morgan fingerprint density at radius 1 is 1.04 bits per heavy atom. The summed E-state index contributed by atoms with van der Waals surface area (Å²) in [7, 11) is 4.19. The van der Waals surface area contributed by atoms with Crippen molar-refractivity contribution in [1.29, 1.82) is 0 Å². The maximum Gasteiger partial charge on any atom is 0.134 e. The minimum Gasteiger partial charge on any atom is -0.370 e. The Morgan fingerprint density at radius 2 is 1.81 bits per heavy atom. The number of rotatable bonds is 7. The van der Waals surface area contributed by atoms with Crippen molar-refractivity contribution in [1.82, 2.24) is 14.9 Å². The Kier molecular flexibility index (Phi) is 6.28. The average molecular weight is 355 g/mol. The summed E-state index contributed by atoms with van der Waals surface area (Å²) in [6, 6.07) is 10.8. The van der Waals surface area contributed by atoms with Gasteiger partial charge in [-0.05, 0) is 51.7 Å². The molecule has 0 bridgehead atoms. The van der Waals surface area contributed by atoms with Crippen LogP contribution in [0.4, 0.5) is 17.3 Å². The molecule has 0 atom stereocenters. The number of nitrogens with one attached hydrogen (secondary N) is 1. The van der Waals surface area contributed by atoms with Gasteiger partial charge in [0, 0.05) is 44.5 Å². The smallest absolute Gasteiger partial charge is 0.134 e. The van der Waals surface area contributed by atoms with Gasteiger partial charge in [0.1, 0.15) is 18.0 Å². The van der Waals surface area contributed by atoms with Gasteiger partial charge in [0.25, 0.3) is 0 Å². The number of benzene rings is 1. The third-order valence-corrected chi connectivity index (χ3v) is 4.71. The average Bonchev–Trinajstić information content (AvgIpc) is 2.65. The molecule has 0 unspecified atom stereocenters. The molecular weight excluding hydrogens is 324 g/mol. The molecule has 1 saturated heterocycles. The third-order valence-electron chi connectivity index (χ3n) is 4.71. The fourth-order valence-corrected chi connectivity index (χ4v) is 3.25. The van der Waals surface area contributed by atoms with Gasteiger partial charge in [0.2, 0.25) is 0 Å². The van der Waals surface area contributed by atoms with Crippen LogP contribution in [0.25, 0.3) is 0 Å². The number of aryl methyl sites for hydroxylation is 1. The molecule has 0 saturated carbocycles. The lowest BCUT2D eigenvalue weighted by atomic mass is 10.2. The quantitative estimate of drug-likeness (QED) is 0.771. The highest BCUT2D eigenvalue weighted by Crippen LogP contribution is 2.21. The minimum atomic E-state index is 0.912. The number of nitrogens with zero attached hydrogens (tertiary/aromatic N) is 5. The number of hydrogen-bond donors (Lipinski definition) is 1. The van der Waals surface area contributed by atoms with Gasteiger partial charge in [-0.3, -0.25) is 0 Å². The van der Waals surface area contributed by atoms with E-state index in [4.69, 9.17) is 0 Å². The Hall–Kier alpha value is -2.34. The van der Waals surface area contributed by atoms with Crippen molar-refractivity contribution >= 4 is 17.3 Å². The fourth-order valence-electron chi connectivity index (χ4n) is 3.25. The van der Waals surface area contributed by atoms with Crippen LogP contribution in [0.2, 0.25) is 0 Å². The summed E-state index contributed by atoms with van der Waals surface area (Å²) in [5.74, 6) is 1.92. The second-order valence-electron chi connectivity index (χ2n) is 7.16. The van der Waals surface area contributed by atoms with Crippen LogP contribution >= 0.6 is 0 Å². The van der Waals surface area contributed by atoms with Crippen molar-refractivity contribution < 1.29 is 0 Å². The highest BCUT2D eigenvalue weighted by Gasteiger charge is 2.18. The van der Waals surface area contributed by atoms with Crippen LogP contribution in [-0.2, 0) is 0 Å². The molecule has 1 aromatic heterocycles. The summed E-state index contributed by atoms with van der Waals surface area (Å²) in [6.45, 7) is 8.13. The van der Waals surface area contributed by atoms with Crippen LogP contribution in [0.15, 0.2) is 36.7 Å². The molecule has 3 rings (SSSR count). The summed E-state index contributed by atoms with van der Waals surface area (Å²) < 4.78 is 0. The van der Waals surface area contributed by atoms with Crippen LogP contribution < -0.4 is 15.1 Å². The molecule has 140 valence electrons. The molecule has 0 aliphatic carbocycles. The summed E-state index contributed by atoms with van der Waals surface area (Å²) >= 11 is 0. The maximum absolute atomic E-state index is 4.48. The molecule has 1 N–H and O–H groups in total. The van der Waals surface area contributed by atoms with Crippen molar-refractivity contribution in [2.45, 2.75) is 13.3 Å². The van der Waals surface area contributed by atoms with E-state index in [0.717, 1.165) is 57.3 Å². The molecule has 6 heteroatoms. The summed E-state index contributed by atoms with van der Waals surface area (Å²) in [5, 5.41) is 3.41. The van der Waals surface area contributed by atoms with E-state index in [1.165, 1.54) is 11.3 Å². The van der Waals surface area contributed by atoms with E-state index in [-0.39, 0.29) is 0 Å². The molecule has 1 aliphatic heterocycles. The lowest BCUT2D eigenvalue weighted by Gasteiger charge is -2.36. The maximum atomic E-state index is 4.48. The summed E-state index contributed by atoms with van der Waals surface area (Å²) in [6.07, 6.45) is 2.76. The second kappa shape index (κ2) is 8.85. The standard InChI is InChI=1S/C20H30N6/c1-17-6-4-7-18(14-17)25-10-12-26(13-11-25)20-15-19(22-16-23-20)21-8-5-9-24(2)3/h4,6-7,14-16H,5,8-13H2,1-3H3,(H,21,22,23). The lowest BCUT2D eigenvalue weighted by Crippen LogP contribution is -2.46. The van der Waals surface area contributed by atoms with Gasteiger partial charge in [-0.2, -0.15) is 0 Å². The molecular formula is C20H30N6. The van der Waals surface area contributed by atoms with Gasteiger partial charge in [0.05, 0.1) is 0 Å². The van der Waals surface area contributed by atoms with E-state index in [1.807, 2.05) is 0 Å². The molecule has 6 nitrogen and oxygen atoms in total. The largest absolute Gasteiger partial charge is 0.370 e. The highest BCUT2D eigenvalue weighted by molar-refractivity contribution is 5.53. The van der Waals surface area contributed by atoms with Gasteiger partial charge in [-0.1, -0.05) is 12.1 Å². The SMILES string of the molecule is Cc1cccc(N2CCN(c3cc(NCCCN(C)C)ncn3)CC2)c1. The van der Waals surface area contributed by atoms with E-state index in [0.29, 0.717) is 0 Å². The monoisotopic (exact) mass is 354 g/mol. The van der Waals surface area contributed by atoms with Crippen LogP contribution in [0, 0.1) is 6.92 Å². The van der Waals surface area contributed by atoms with Crippen molar-refractivity contribution in [3.63, 3.8) is 0 Å². The van der Waals surface area contributed by atoms with Gasteiger partial charge in [-0.15, -0.1) is 0 Å². The Morgan fingerprint density at radius 3 is 2.54 bits per heavy atom. The Balaban J connectivity index is 1.53. The van der Waals surface area contributed by atoms with E-state index in [9.17, 15) is 0 Å². The second-order valence-corrected chi connectivity index (χ2v) is 7.16. The number of hydrogen-bond acceptors (Lipinski definition) is 6. The van der Waals surface area contributed by atoms with Crippen molar-refractivity contribution in [3.05, 3.63) is 42.2 Å². The van der Waals surface area contributed by atoms with E-state index in [2.05, 4.69) is 81.3 Å². The predicted molar refractivity (Wildman–Crippen MR) is 109 cm³/mol. The summed E-state index contributed by atoms with van der Waals surface area (Å²) in [4.78, 5) is 15.8. The van der Waals surface area contributed by atoms with Gasteiger partial charge < -0.3 is 20.0 Å². The van der Waals surface area contributed by atoms with Crippen LogP contribution in [0.1, 0.15) is 12.0 Å². The first kappa shape index (κ1) is 18.5.